The average molecular weight is 468 g/mol. The summed E-state index contributed by atoms with van der Waals surface area (Å²) in [5.41, 5.74) is 0.758. The van der Waals surface area contributed by atoms with Crippen molar-refractivity contribution in [3.63, 3.8) is 0 Å². The molecule has 3 N–H and O–H groups in total. The van der Waals surface area contributed by atoms with Gasteiger partial charge in [-0.1, -0.05) is 17.7 Å². The number of nitrogens with one attached hydrogen (secondary N) is 3. The Kier molecular flexibility index (Phi) is 9.44. The summed E-state index contributed by atoms with van der Waals surface area (Å²) in [7, 11) is -3.90. The van der Waals surface area contributed by atoms with Crippen LogP contribution in [0.15, 0.2) is 53.4 Å². The molecule has 2 amide bonds. The molecule has 0 saturated heterocycles. The molecule has 0 radical (unpaired) electrons. The SMILES string of the molecule is CCOCCCNC(=O)c1cccc(NC(=O)[C@H](C)NS(=O)(=O)c2ccc(Cl)cc2)c1. The zero-order chi connectivity index (χ0) is 22.9. The molecule has 0 aliphatic rings. The second kappa shape index (κ2) is 11.8. The molecule has 0 aliphatic carbocycles. The molecule has 8 nitrogen and oxygen atoms in total. The Balaban J connectivity index is 1.94. The Morgan fingerprint density at radius 3 is 2.52 bits per heavy atom. The lowest BCUT2D eigenvalue weighted by atomic mass is 10.2. The van der Waals surface area contributed by atoms with Gasteiger partial charge in [0.2, 0.25) is 15.9 Å². The van der Waals surface area contributed by atoms with Gasteiger partial charge in [-0.25, -0.2) is 8.42 Å². The predicted octanol–water partition coefficient (Wildman–Crippen LogP) is 2.80. The van der Waals surface area contributed by atoms with Crippen molar-refractivity contribution < 1.29 is 22.7 Å². The van der Waals surface area contributed by atoms with E-state index in [0.29, 0.717) is 42.5 Å². The van der Waals surface area contributed by atoms with Crippen LogP contribution in [0, 0.1) is 0 Å². The third-order valence-corrected chi connectivity index (χ3v) is 6.01. The van der Waals surface area contributed by atoms with Gasteiger partial charge in [-0.15, -0.1) is 0 Å². The van der Waals surface area contributed by atoms with Gasteiger partial charge in [0.25, 0.3) is 5.91 Å². The minimum Gasteiger partial charge on any atom is -0.382 e. The van der Waals surface area contributed by atoms with Gasteiger partial charge in [-0.05, 0) is 62.7 Å². The van der Waals surface area contributed by atoms with Crippen LogP contribution in [-0.2, 0) is 19.6 Å². The van der Waals surface area contributed by atoms with Crippen molar-refractivity contribution in [2.24, 2.45) is 0 Å². The molecule has 2 rings (SSSR count). The van der Waals surface area contributed by atoms with Gasteiger partial charge in [0.05, 0.1) is 10.9 Å². The fraction of sp³-hybridized carbons (Fsp3) is 0.333. The zero-order valence-corrected chi connectivity index (χ0v) is 18.9. The summed E-state index contributed by atoms with van der Waals surface area (Å²) in [6, 6.07) is 11.0. The molecular formula is C21H26ClN3O5S. The van der Waals surface area contributed by atoms with Gasteiger partial charge in [0.1, 0.15) is 0 Å². The number of hydrogen-bond donors (Lipinski definition) is 3. The van der Waals surface area contributed by atoms with Crippen LogP contribution in [0.2, 0.25) is 5.02 Å². The standard InChI is InChI=1S/C21H26ClN3O5S/c1-3-30-13-5-12-23-21(27)16-6-4-7-18(14-16)24-20(26)15(2)25-31(28,29)19-10-8-17(22)9-11-19/h4,6-11,14-15,25H,3,5,12-13H2,1-2H3,(H,23,27)(H,24,26)/t15-/m0/s1. The Labute approximate surface area is 187 Å². The highest BCUT2D eigenvalue weighted by molar-refractivity contribution is 7.89. The lowest BCUT2D eigenvalue weighted by molar-refractivity contribution is -0.117. The normalized spacial score (nSPS) is 12.2. The Bertz CT molecular complexity index is 996. The van der Waals surface area contributed by atoms with Gasteiger partial charge < -0.3 is 15.4 Å². The first kappa shape index (κ1) is 24.8. The molecule has 0 aromatic heterocycles. The lowest BCUT2D eigenvalue weighted by Gasteiger charge is -2.15. The maximum atomic E-state index is 12.5. The van der Waals surface area contributed by atoms with Crippen LogP contribution >= 0.6 is 11.6 Å². The average Bonchev–Trinajstić information content (AvgIpc) is 2.73. The summed E-state index contributed by atoms with van der Waals surface area (Å²) >= 11 is 5.78. The first-order valence-electron chi connectivity index (χ1n) is 9.77. The fourth-order valence-corrected chi connectivity index (χ4v) is 3.91. The predicted molar refractivity (Wildman–Crippen MR) is 120 cm³/mol. The molecule has 2 aromatic rings. The molecule has 1 atom stereocenters. The summed E-state index contributed by atoms with van der Waals surface area (Å²) in [5, 5.41) is 5.80. The van der Waals surface area contributed by atoms with Crippen molar-refractivity contribution in [2.45, 2.75) is 31.2 Å². The molecule has 2 aromatic carbocycles. The highest BCUT2D eigenvalue weighted by Crippen LogP contribution is 2.15. The number of ether oxygens (including phenoxy) is 1. The molecule has 0 spiro atoms. The quantitative estimate of drug-likeness (QED) is 0.440. The van der Waals surface area contributed by atoms with Crippen LogP contribution in [0.25, 0.3) is 0 Å². The molecule has 0 aliphatic heterocycles. The zero-order valence-electron chi connectivity index (χ0n) is 17.4. The summed E-state index contributed by atoms with van der Waals surface area (Å²) in [6.07, 6.45) is 0.696. The van der Waals surface area contributed by atoms with E-state index in [0.717, 1.165) is 0 Å². The van der Waals surface area contributed by atoms with E-state index in [1.165, 1.54) is 37.3 Å². The molecule has 0 bridgehead atoms. The van der Waals surface area contributed by atoms with E-state index >= 15 is 0 Å². The third kappa shape index (κ3) is 7.95. The first-order chi connectivity index (χ1) is 14.7. The number of anilines is 1. The Morgan fingerprint density at radius 1 is 1.13 bits per heavy atom. The molecule has 0 heterocycles. The Hall–Kier alpha value is -2.46. The van der Waals surface area contributed by atoms with E-state index in [1.807, 2.05) is 6.92 Å². The van der Waals surface area contributed by atoms with E-state index < -0.39 is 22.0 Å². The molecule has 0 fully saturated rings. The second-order valence-corrected chi connectivity index (χ2v) is 8.82. The van der Waals surface area contributed by atoms with Crippen LogP contribution in [-0.4, -0.2) is 46.0 Å². The van der Waals surface area contributed by atoms with Gasteiger partial charge >= 0.3 is 0 Å². The van der Waals surface area contributed by atoms with Crippen LogP contribution in [0.3, 0.4) is 0 Å². The van der Waals surface area contributed by atoms with E-state index in [4.69, 9.17) is 16.3 Å². The number of sulfonamides is 1. The van der Waals surface area contributed by atoms with Crippen molar-refractivity contribution in [3.8, 4) is 0 Å². The maximum absolute atomic E-state index is 12.5. The van der Waals surface area contributed by atoms with E-state index in [-0.39, 0.29) is 10.8 Å². The molecular weight excluding hydrogens is 442 g/mol. The number of benzene rings is 2. The van der Waals surface area contributed by atoms with Crippen molar-refractivity contribution in [1.82, 2.24) is 10.0 Å². The molecule has 10 heteroatoms. The lowest BCUT2D eigenvalue weighted by Crippen LogP contribution is -2.41. The maximum Gasteiger partial charge on any atom is 0.251 e. The van der Waals surface area contributed by atoms with Crippen LogP contribution < -0.4 is 15.4 Å². The summed E-state index contributed by atoms with van der Waals surface area (Å²) < 4.78 is 32.4. The second-order valence-electron chi connectivity index (χ2n) is 6.67. The number of carbonyl (C=O) groups is 2. The monoisotopic (exact) mass is 467 g/mol. The van der Waals surface area contributed by atoms with Gasteiger partial charge in [0, 0.05) is 36.0 Å². The molecule has 0 unspecified atom stereocenters. The van der Waals surface area contributed by atoms with Gasteiger partial charge in [-0.2, -0.15) is 4.72 Å². The van der Waals surface area contributed by atoms with Crippen molar-refractivity contribution in [2.75, 3.05) is 25.1 Å². The summed E-state index contributed by atoms with van der Waals surface area (Å²) in [6.45, 7) is 5.00. The van der Waals surface area contributed by atoms with Gasteiger partial charge in [0.15, 0.2) is 0 Å². The fourth-order valence-electron chi connectivity index (χ4n) is 2.58. The van der Waals surface area contributed by atoms with Crippen LogP contribution in [0.1, 0.15) is 30.6 Å². The van der Waals surface area contributed by atoms with Gasteiger partial charge in [-0.3, -0.25) is 9.59 Å². The highest BCUT2D eigenvalue weighted by Gasteiger charge is 2.22. The molecule has 168 valence electrons. The summed E-state index contributed by atoms with van der Waals surface area (Å²) in [4.78, 5) is 24.7. The van der Waals surface area contributed by atoms with Crippen molar-refractivity contribution in [1.29, 1.82) is 0 Å². The largest absolute Gasteiger partial charge is 0.382 e. The van der Waals surface area contributed by atoms with E-state index in [9.17, 15) is 18.0 Å². The Morgan fingerprint density at radius 2 is 1.84 bits per heavy atom. The van der Waals surface area contributed by atoms with E-state index in [1.54, 1.807) is 18.2 Å². The number of rotatable bonds is 11. The summed E-state index contributed by atoms with van der Waals surface area (Å²) in [5.74, 6) is -0.837. The number of hydrogen-bond acceptors (Lipinski definition) is 5. The minimum atomic E-state index is -3.90. The molecule has 31 heavy (non-hydrogen) atoms. The topological polar surface area (TPSA) is 114 Å². The minimum absolute atomic E-state index is 0.000412. The third-order valence-electron chi connectivity index (χ3n) is 4.20. The number of carbonyl (C=O) groups excluding carboxylic acids is 2. The van der Waals surface area contributed by atoms with E-state index in [2.05, 4.69) is 15.4 Å². The molecule has 0 saturated carbocycles. The number of halogens is 1. The van der Waals surface area contributed by atoms with Crippen molar-refractivity contribution in [3.05, 3.63) is 59.1 Å². The van der Waals surface area contributed by atoms with Crippen LogP contribution in [0.4, 0.5) is 5.69 Å². The first-order valence-corrected chi connectivity index (χ1v) is 11.6. The highest BCUT2D eigenvalue weighted by atomic mass is 35.5. The smallest absolute Gasteiger partial charge is 0.251 e. The van der Waals surface area contributed by atoms with Crippen molar-refractivity contribution >= 4 is 39.1 Å². The van der Waals surface area contributed by atoms with Crippen LogP contribution in [0.5, 0.6) is 0 Å². The number of amides is 2.